The fourth-order valence-electron chi connectivity index (χ4n) is 2.19. The average Bonchev–Trinajstić information content (AvgIpc) is 2.69. The minimum Gasteiger partial charge on any atom is -0.324 e. The first kappa shape index (κ1) is 13.5. The first-order valence-electron chi connectivity index (χ1n) is 6.11. The van der Waals surface area contributed by atoms with Gasteiger partial charge in [-0.25, -0.2) is 12.7 Å². The molecule has 108 valence electrons. The molecule has 0 spiro atoms. The molecule has 2 aromatic rings. The first-order chi connectivity index (χ1) is 10.0. The van der Waals surface area contributed by atoms with Gasteiger partial charge in [0.15, 0.2) is 0 Å². The molecule has 0 radical (unpaired) electrons. The van der Waals surface area contributed by atoms with E-state index < -0.39 is 15.9 Å². The zero-order valence-corrected chi connectivity index (χ0v) is 11.7. The molecule has 0 fully saturated rings. The molecule has 0 unspecified atom stereocenters. The molecule has 1 aromatic heterocycles. The lowest BCUT2D eigenvalue weighted by atomic mass is 10.2. The number of benzene rings is 1. The zero-order chi connectivity index (χ0) is 15.0. The Balaban J connectivity index is 1.99. The molecule has 1 amide bonds. The van der Waals surface area contributed by atoms with E-state index in [9.17, 15) is 13.2 Å². The van der Waals surface area contributed by atoms with Gasteiger partial charge in [0.05, 0.1) is 23.5 Å². The van der Waals surface area contributed by atoms with Crippen molar-refractivity contribution in [1.29, 1.82) is 0 Å². The van der Waals surface area contributed by atoms with Gasteiger partial charge in [0.25, 0.3) is 15.9 Å². The quantitative estimate of drug-likeness (QED) is 0.639. The third-order valence-corrected chi connectivity index (χ3v) is 4.99. The summed E-state index contributed by atoms with van der Waals surface area (Å²) in [6.07, 6.45) is 1.49. The maximum Gasteiger partial charge on any atom is 0.269 e. The van der Waals surface area contributed by atoms with Crippen molar-refractivity contribution in [3.05, 3.63) is 53.9 Å². The number of nitrogens with zero attached hydrogens (tertiary/aromatic N) is 2. The molecular formula is C13H12N4O3S. The molecule has 3 rings (SSSR count). The van der Waals surface area contributed by atoms with Crippen LogP contribution in [-0.2, 0) is 16.6 Å². The van der Waals surface area contributed by atoms with E-state index in [1.165, 1.54) is 18.3 Å². The van der Waals surface area contributed by atoms with E-state index in [1.54, 1.807) is 24.3 Å². The molecule has 0 saturated heterocycles. The molecule has 8 heteroatoms. The second-order valence-electron chi connectivity index (χ2n) is 4.49. The normalized spacial score (nSPS) is 15.9. The van der Waals surface area contributed by atoms with Crippen molar-refractivity contribution in [2.24, 2.45) is 5.84 Å². The number of carbonyl (C=O) groups is 1. The lowest BCUT2D eigenvalue weighted by Crippen LogP contribution is -2.29. The van der Waals surface area contributed by atoms with Crippen LogP contribution in [0.1, 0.15) is 16.1 Å². The van der Waals surface area contributed by atoms with Crippen LogP contribution >= 0.6 is 0 Å². The molecule has 1 aromatic carbocycles. The summed E-state index contributed by atoms with van der Waals surface area (Å²) < 4.78 is 25.6. The number of hydrogen-bond donors (Lipinski definition) is 2. The largest absolute Gasteiger partial charge is 0.324 e. The maximum atomic E-state index is 12.4. The van der Waals surface area contributed by atoms with Gasteiger partial charge in [-0.3, -0.25) is 15.6 Å². The van der Waals surface area contributed by atoms with Crippen LogP contribution in [0, 0.1) is 0 Å². The van der Waals surface area contributed by atoms with Crippen molar-refractivity contribution in [2.45, 2.75) is 11.4 Å². The first-order valence-corrected chi connectivity index (χ1v) is 7.55. The van der Waals surface area contributed by atoms with Gasteiger partial charge in [-0.15, -0.1) is 0 Å². The number of nitrogens with one attached hydrogen (secondary N) is 1. The molecular weight excluding hydrogens is 292 g/mol. The zero-order valence-electron chi connectivity index (χ0n) is 10.9. The highest BCUT2D eigenvalue weighted by Gasteiger charge is 2.40. The van der Waals surface area contributed by atoms with E-state index in [2.05, 4.69) is 10.4 Å². The van der Waals surface area contributed by atoms with Gasteiger partial charge in [0.2, 0.25) is 0 Å². The molecule has 0 saturated carbocycles. The van der Waals surface area contributed by atoms with Crippen LogP contribution in [0.4, 0.5) is 5.69 Å². The van der Waals surface area contributed by atoms with Gasteiger partial charge in [-0.1, -0.05) is 12.1 Å². The molecule has 0 aliphatic carbocycles. The number of fused-ring (bicyclic) bond motifs is 1. The van der Waals surface area contributed by atoms with E-state index in [-0.39, 0.29) is 17.0 Å². The summed E-state index contributed by atoms with van der Waals surface area (Å²) in [5, 5.41) is 0. The number of anilines is 1. The van der Waals surface area contributed by atoms with Crippen molar-refractivity contribution < 1.29 is 13.2 Å². The van der Waals surface area contributed by atoms with Crippen LogP contribution in [-0.4, -0.2) is 23.6 Å². The Morgan fingerprint density at radius 3 is 2.71 bits per heavy atom. The molecule has 7 nitrogen and oxygen atoms in total. The number of amides is 1. The Kier molecular flexibility index (Phi) is 3.11. The molecule has 2 heterocycles. The number of nitrogen functional groups attached to an aromatic ring is 1. The van der Waals surface area contributed by atoms with Gasteiger partial charge in [-0.05, 0) is 24.3 Å². The van der Waals surface area contributed by atoms with Gasteiger partial charge < -0.3 is 5.43 Å². The summed E-state index contributed by atoms with van der Waals surface area (Å²) in [5.74, 6) is 4.76. The van der Waals surface area contributed by atoms with E-state index in [4.69, 9.17) is 5.84 Å². The number of aromatic nitrogens is 1. The van der Waals surface area contributed by atoms with E-state index in [0.29, 0.717) is 11.4 Å². The van der Waals surface area contributed by atoms with Crippen LogP contribution in [0.3, 0.4) is 0 Å². The highest BCUT2D eigenvalue weighted by molar-refractivity contribution is 7.90. The Hall–Kier alpha value is -2.45. The smallest absolute Gasteiger partial charge is 0.269 e. The molecule has 21 heavy (non-hydrogen) atoms. The second kappa shape index (κ2) is 4.83. The number of pyridine rings is 1. The fraction of sp³-hybridized carbons (Fsp3) is 0.0769. The lowest BCUT2D eigenvalue weighted by Gasteiger charge is -2.14. The monoisotopic (exact) mass is 304 g/mol. The minimum atomic E-state index is -3.82. The van der Waals surface area contributed by atoms with E-state index >= 15 is 0 Å². The summed E-state index contributed by atoms with van der Waals surface area (Å²) in [4.78, 5) is 16.3. The van der Waals surface area contributed by atoms with Gasteiger partial charge in [0.1, 0.15) is 4.90 Å². The Labute approximate surface area is 121 Å². The number of hydrogen-bond acceptors (Lipinski definition) is 6. The summed E-state index contributed by atoms with van der Waals surface area (Å²) >= 11 is 0. The Bertz CT molecular complexity index is 820. The second-order valence-corrected chi connectivity index (χ2v) is 6.32. The molecule has 0 bridgehead atoms. The summed E-state index contributed by atoms with van der Waals surface area (Å²) in [7, 11) is -3.82. The number of sulfonamides is 1. The van der Waals surface area contributed by atoms with Crippen LogP contribution < -0.4 is 11.3 Å². The number of nitrogens with two attached hydrogens (primary N) is 1. The highest BCUT2D eigenvalue weighted by Crippen LogP contribution is 2.31. The minimum absolute atomic E-state index is 0.0307. The molecule has 1 aliphatic heterocycles. The predicted octanol–water partition coefficient (Wildman–Crippen LogP) is 0.712. The Morgan fingerprint density at radius 2 is 2.00 bits per heavy atom. The SMILES string of the molecule is NNc1ccnc(CN2C(=O)c3ccccc3S2(=O)=O)c1. The number of rotatable bonds is 3. The molecule has 1 aliphatic rings. The van der Waals surface area contributed by atoms with Gasteiger partial charge >= 0.3 is 0 Å². The van der Waals surface area contributed by atoms with Crippen LogP contribution in [0.25, 0.3) is 0 Å². The fourth-order valence-corrected chi connectivity index (χ4v) is 3.73. The maximum absolute atomic E-state index is 12.4. The van der Waals surface area contributed by atoms with E-state index in [1.807, 2.05) is 0 Å². The lowest BCUT2D eigenvalue weighted by molar-refractivity contribution is 0.0864. The van der Waals surface area contributed by atoms with Gasteiger partial charge in [-0.2, -0.15) is 0 Å². The van der Waals surface area contributed by atoms with Crippen molar-refractivity contribution in [2.75, 3.05) is 5.43 Å². The predicted molar refractivity (Wildman–Crippen MR) is 75.5 cm³/mol. The van der Waals surface area contributed by atoms with Crippen molar-refractivity contribution in [1.82, 2.24) is 9.29 Å². The number of hydrazine groups is 1. The van der Waals surface area contributed by atoms with Crippen molar-refractivity contribution in [3.63, 3.8) is 0 Å². The average molecular weight is 304 g/mol. The molecule has 3 N–H and O–H groups in total. The third kappa shape index (κ3) is 2.14. The van der Waals surface area contributed by atoms with Crippen molar-refractivity contribution >= 4 is 21.6 Å². The van der Waals surface area contributed by atoms with Crippen LogP contribution in [0.15, 0.2) is 47.5 Å². The Morgan fingerprint density at radius 1 is 1.24 bits per heavy atom. The summed E-state index contributed by atoms with van der Waals surface area (Å²) in [6, 6.07) is 9.37. The third-order valence-electron chi connectivity index (χ3n) is 3.20. The van der Waals surface area contributed by atoms with Crippen LogP contribution in [0.2, 0.25) is 0 Å². The van der Waals surface area contributed by atoms with Crippen LogP contribution in [0.5, 0.6) is 0 Å². The van der Waals surface area contributed by atoms with Gasteiger partial charge in [0, 0.05) is 6.20 Å². The van der Waals surface area contributed by atoms with E-state index in [0.717, 1.165) is 4.31 Å². The standard InChI is InChI=1S/C13H12N4O3S/c14-16-9-5-6-15-10(7-9)8-17-13(18)11-3-1-2-4-12(11)21(17,19)20/h1-7H,8,14H2,(H,15,16). The van der Waals surface area contributed by atoms with Crippen molar-refractivity contribution in [3.8, 4) is 0 Å². The topological polar surface area (TPSA) is 105 Å². The summed E-state index contributed by atoms with van der Waals surface area (Å²) in [5.41, 5.74) is 3.65. The number of carbonyl (C=O) groups excluding carboxylic acids is 1. The highest BCUT2D eigenvalue weighted by atomic mass is 32.2. The summed E-state index contributed by atoms with van der Waals surface area (Å²) in [6.45, 7) is -0.134. The molecule has 0 atom stereocenters.